The number of phenols is 1. The standard InChI is InChI=1S/C16H7F5O3/c17-13-7-11(15(23)24)14(18)5-9(13)2-1-8-3-4-10(22)6-12(8)16(19,20)21/h3-7,22H,(H,23,24). The molecule has 2 aromatic carbocycles. The van der Waals surface area contributed by atoms with Crippen LogP contribution in [0, 0.1) is 23.5 Å². The molecule has 0 aliphatic rings. The van der Waals surface area contributed by atoms with E-state index in [9.17, 15) is 26.7 Å². The minimum absolute atomic E-state index is 0.392. The molecule has 3 nitrogen and oxygen atoms in total. The number of aromatic carboxylic acids is 1. The van der Waals surface area contributed by atoms with E-state index in [2.05, 4.69) is 0 Å². The average Bonchev–Trinajstić information content (AvgIpc) is 2.47. The third-order valence-corrected chi connectivity index (χ3v) is 2.93. The van der Waals surface area contributed by atoms with Crippen molar-refractivity contribution in [1.82, 2.24) is 0 Å². The van der Waals surface area contributed by atoms with E-state index in [1.165, 1.54) is 0 Å². The highest BCUT2D eigenvalue weighted by atomic mass is 19.4. The fourth-order valence-electron chi connectivity index (χ4n) is 1.82. The molecule has 0 saturated carbocycles. The van der Waals surface area contributed by atoms with Gasteiger partial charge in [-0.25, -0.2) is 13.6 Å². The van der Waals surface area contributed by atoms with Crippen LogP contribution < -0.4 is 0 Å². The Morgan fingerprint density at radius 2 is 1.58 bits per heavy atom. The average molecular weight is 342 g/mol. The van der Waals surface area contributed by atoms with Gasteiger partial charge in [0.05, 0.1) is 16.7 Å². The Hall–Kier alpha value is -3.08. The molecule has 0 amide bonds. The van der Waals surface area contributed by atoms with Crippen LogP contribution in [0.4, 0.5) is 22.0 Å². The Balaban J connectivity index is 2.52. The number of rotatable bonds is 1. The lowest BCUT2D eigenvalue weighted by atomic mass is 10.1. The summed E-state index contributed by atoms with van der Waals surface area (Å²) in [7, 11) is 0. The lowest BCUT2D eigenvalue weighted by Crippen LogP contribution is -2.07. The summed E-state index contributed by atoms with van der Waals surface area (Å²) in [6.07, 6.45) is -4.81. The molecule has 8 heteroatoms. The molecule has 124 valence electrons. The molecule has 0 aromatic heterocycles. The quantitative estimate of drug-likeness (QED) is 0.612. The van der Waals surface area contributed by atoms with Gasteiger partial charge in [-0.2, -0.15) is 13.2 Å². The van der Waals surface area contributed by atoms with E-state index in [-0.39, 0.29) is 0 Å². The second-order valence-corrected chi connectivity index (χ2v) is 4.59. The molecular formula is C16H7F5O3. The number of alkyl halides is 3. The predicted octanol–water partition coefficient (Wildman–Crippen LogP) is 3.79. The van der Waals surface area contributed by atoms with Crippen LogP contribution >= 0.6 is 0 Å². The van der Waals surface area contributed by atoms with E-state index in [4.69, 9.17) is 10.2 Å². The van der Waals surface area contributed by atoms with Gasteiger partial charge in [0.1, 0.15) is 17.4 Å². The van der Waals surface area contributed by atoms with E-state index in [0.29, 0.717) is 18.2 Å². The van der Waals surface area contributed by atoms with Crippen molar-refractivity contribution < 1.29 is 37.0 Å². The summed E-state index contributed by atoms with van der Waals surface area (Å²) >= 11 is 0. The molecule has 0 bridgehead atoms. The Morgan fingerprint density at radius 1 is 0.958 bits per heavy atom. The van der Waals surface area contributed by atoms with Gasteiger partial charge in [0.15, 0.2) is 0 Å². The van der Waals surface area contributed by atoms with Gasteiger partial charge in [0.25, 0.3) is 0 Å². The Kier molecular flexibility index (Phi) is 4.46. The second kappa shape index (κ2) is 6.20. The summed E-state index contributed by atoms with van der Waals surface area (Å²) in [5.41, 5.74) is -3.31. The van der Waals surface area contributed by atoms with Crippen molar-refractivity contribution in [2.75, 3.05) is 0 Å². The van der Waals surface area contributed by atoms with Crippen LogP contribution in [0.25, 0.3) is 0 Å². The summed E-state index contributed by atoms with van der Waals surface area (Å²) in [5.74, 6) is -0.701. The first kappa shape index (κ1) is 17.3. The van der Waals surface area contributed by atoms with Crippen LogP contribution in [0.3, 0.4) is 0 Å². The minimum atomic E-state index is -4.81. The molecule has 0 unspecified atom stereocenters. The predicted molar refractivity (Wildman–Crippen MR) is 72.4 cm³/mol. The maximum atomic E-state index is 13.7. The number of hydrogen-bond donors (Lipinski definition) is 2. The number of phenolic OH excluding ortho intramolecular Hbond substituents is 1. The van der Waals surface area contributed by atoms with Gasteiger partial charge in [0.2, 0.25) is 0 Å². The van der Waals surface area contributed by atoms with Crippen LogP contribution in [0.15, 0.2) is 30.3 Å². The largest absolute Gasteiger partial charge is 0.508 e. The first-order chi connectivity index (χ1) is 11.1. The molecular weight excluding hydrogens is 335 g/mol. The van der Waals surface area contributed by atoms with Gasteiger partial charge in [-0.3, -0.25) is 0 Å². The van der Waals surface area contributed by atoms with Crippen molar-refractivity contribution in [1.29, 1.82) is 0 Å². The molecule has 2 aromatic rings. The monoisotopic (exact) mass is 342 g/mol. The molecule has 0 fully saturated rings. The van der Waals surface area contributed by atoms with Crippen LogP contribution in [-0.2, 0) is 6.18 Å². The molecule has 2 N–H and O–H groups in total. The van der Waals surface area contributed by atoms with Crippen molar-refractivity contribution in [3.8, 4) is 17.6 Å². The number of benzene rings is 2. The topological polar surface area (TPSA) is 57.5 Å². The van der Waals surface area contributed by atoms with Crippen molar-refractivity contribution >= 4 is 5.97 Å². The minimum Gasteiger partial charge on any atom is -0.508 e. The third kappa shape index (κ3) is 3.63. The third-order valence-electron chi connectivity index (χ3n) is 2.93. The molecule has 0 atom stereocenters. The zero-order chi connectivity index (χ0) is 18.1. The molecule has 0 heterocycles. The van der Waals surface area contributed by atoms with Crippen molar-refractivity contribution in [3.05, 3.63) is 64.2 Å². The molecule has 0 spiro atoms. The molecule has 0 radical (unpaired) electrons. The van der Waals surface area contributed by atoms with Crippen LogP contribution in [-0.4, -0.2) is 16.2 Å². The Bertz CT molecular complexity index is 876. The summed E-state index contributed by atoms with van der Waals surface area (Å²) in [5, 5.41) is 17.8. The number of carbonyl (C=O) groups is 1. The lowest BCUT2D eigenvalue weighted by Gasteiger charge is -2.09. The van der Waals surface area contributed by atoms with Crippen molar-refractivity contribution in [2.24, 2.45) is 0 Å². The first-order valence-electron chi connectivity index (χ1n) is 6.24. The van der Waals surface area contributed by atoms with Gasteiger partial charge in [-0.15, -0.1) is 0 Å². The zero-order valence-corrected chi connectivity index (χ0v) is 11.6. The SMILES string of the molecule is O=C(O)c1cc(F)c(C#Cc2ccc(O)cc2C(F)(F)F)cc1F. The summed E-state index contributed by atoms with van der Waals surface area (Å²) < 4.78 is 65.8. The second-order valence-electron chi connectivity index (χ2n) is 4.59. The lowest BCUT2D eigenvalue weighted by molar-refractivity contribution is -0.137. The number of carboxylic acids is 1. The van der Waals surface area contributed by atoms with Gasteiger partial charge >= 0.3 is 12.1 Å². The molecule has 0 aliphatic heterocycles. The van der Waals surface area contributed by atoms with Gasteiger partial charge < -0.3 is 10.2 Å². The van der Waals surface area contributed by atoms with Gasteiger partial charge in [-0.05, 0) is 30.3 Å². The van der Waals surface area contributed by atoms with E-state index in [1.807, 2.05) is 11.8 Å². The van der Waals surface area contributed by atoms with Crippen LogP contribution in [0.2, 0.25) is 0 Å². The maximum absolute atomic E-state index is 13.7. The fourth-order valence-corrected chi connectivity index (χ4v) is 1.82. The smallest absolute Gasteiger partial charge is 0.417 e. The molecule has 2 rings (SSSR count). The number of halogens is 5. The maximum Gasteiger partial charge on any atom is 0.417 e. The van der Waals surface area contributed by atoms with Crippen molar-refractivity contribution in [2.45, 2.75) is 6.18 Å². The molecule has 0 aliphatic carbocycles. The number of hydrogen-bond acceptors (Lipinski definition) is 2. The normalized spacial score (nSPS) is 10.9. The van der Waals surface area contributed by atoms with Gasteiger partial charge in [0, 0.05) is 5.56 Å². The number of aromatic hydroxyl groups is 1. The molecule has 24 heavy (non-hydrogen) atoms. The fraction of sp³-hybridized carbons (Fsp3) is 0.0625. The number of carboxylic acid groups (broad SMARTS) is 1. The highest BCUT2D eigenvalue weighted by molar-refractivity contribution is 5.88. The highest BCUT2D eigenvalue weighted by Gasteiger charge is 2.33. The van der Waals surface area contributed by atoms with Crippen molar-refractivity contribution in [3.63, 3.8) is 0 Å². The van der Waals surface area contributed by atoms with Crippen LogP contribution in [0.5, 0.6) is 5.75 Å². The summed E-state index contributed by atoms with van der Waals surface area (Å²) in [6.45, 7) is 0. The highest BCUT2D eigenvalue weighted by Crippen LogP contribution is 2.33. The summed E-state index contributed by atoms with van der Waals surface area (Å²) in [4.78, 5) is 10.7. The first-order valence-corrected chi connectivity index (χ1v) is 6.24. The molecule has 0 saturated heterocycles. The van der Waals surface area contributed by atoms with E-state index in [1.54, 1.807) is 0 Å². The zero-order valence-electron chi connectivity index (χ0n) is 11.6. The van der Waals surface area contributed by atoms with E-state index < -0.39 is 51.8 Å². The van der Waals surface area contributed by atoms with Gasteiger partial charge in [-0.1, -0.05) is 11.8 Å². The van der Waals surface area contributed by atoms with E-state index in [0.717, 1.165) is 12.1 Å². The van der Waals surface area contributed by atoms with Crippen LogP contribution in [0.1, 0.15) is 27.0 Å². The van der Waals surface area contributed by atoms with E-state index >= 15 is 0 Å². The summed E-state index contributed by atoms with van der Waals surface area (Å²) in [6, 6.07) is 3.17. The Labute approximate surface area is 132 Å². The Morgan fingerprint density at radius 3 is 2.17 bits per heavy atom.